The van der Waals surface area contributed by atoms with Crippen molar-refractivity contribution in [3.05, 3.63) is 83.7 Å². The molecule has 8 rings (SSSR count). The Morgan fingerprint density at radius 3 is 2.11 bits per heavy atom. The molecule has 2 aliphatic carbocycles. The van der Waals surface area contributed by atoms with Gasteiger partial charge in [-0.2, -0.15) is 4.57 Å². The molecule has 3 aromatic carbocycles. The summed E-state index contributed by atoms with van der Waals surface area (Å²) >= 11 is 0. The number of hydrogen-bond acceptors (Lipinski definition) is 0. The molecular formula is C42H52N3+. The number of aromatic nitrogens is 3. The van der Waals surface area contributed by atoms with Crippen LogP contribution >= 0.6 is 0 Å². The molecular weight excluding hydrogens is 546 g/mol. The number of nitrogens with zero attached hydrogens (tertiary/aromatic N) is 3. The first-order chi connectivity index (χ1) is 21.9. The maximum Gasteiger partial charge on any atom is 0.294 e. The molecule has 2 saturated carbocycles. The second-order valence-corrected chi connectivity index (χ2v) is 15.1. The number of rotatable bonds is 5. The molecule has 45 heavy (non-hydrogen) atoms. The van der Waals surface area contributed by atoms with E-state index in [1.807, 2.05) is 0 Å². The monoisotopic (exact) mass is 598 g/mol. The highest BCUT2D eigenvalue weighted by atomic mass is 15.2. The predicted molar refractivity (Wildman–Crippen MR) is 189 cm³/mol. The Balaban J connectivity index is 1.52. The van der Waals surface area contributed by atoms with Crippen LogP contribution in [0.1, 0.15) is 133 Å². The van der Waals surface area contributed by atoms with E-state index in [0.717, 1.165) is 12.8 Å². The fourth-order valence-corrected chi connectivity index (χ4v) is 10.2. The standard InChI is InChI=1S/C42H52N3/c1-6-41(3)35-24-16-14-22-31(35)40-44(26-27-45(40)42(41,4)7-2)39-34(30-20-12-9-13-21-30)28-33(29-18-10-8-11-19-29)38-37(39)32-23-15-17-25-36(32)43(38)5/h14-17,22-30H,6-13,18-21H2,1-5H3/q+1. The van der Waals surface area contributed by atoms with Gasteiger partial charge in [0, 0.05) is 28.9 Å². The van der Waals surface area contributed by atoms with Gasteiger partial charge in [0.1, 0.15) is 23.6 Å². The van der Waals surface area contributed by atoms with Crippen LogP contribution in [0.15, 0.2) is 67.0 Å². The smallest absolute Gasteiger partial charge is 0.294 e. The largest absolute Gasteiger partial charge is 0.343 e. The molecule has 2 aromatic heterocycles. The highest BCUT2D eigenvalue weighted by Crippen LogP contribution is 2.52. The van der Waals surface area contributed by atoms with Crippen molar-refractivity contribution >= 4 is 21.8 Å². The summed E-state index contributed by atoms with van der Waals surface area (Å²) in [6, 6.07) is 21.3. The summed E-state index contributed by atoms with van der Waals surface area (Å²) in [5.41, 5.74) is 10.5. The van der Waals surface area contributed by atoms with Crippen LogP contribution in [0.25, 0.3) is 38.9 Å². The Hall–Kier alpha value is -3.33. The van der Waals surface area contributed by atoms with Gasteiger partial charge in [-0.1, -0.05) is 95.7 Å². The first kappa shape index (κ1) is 29.1. The number of benzene rings is 3. The van der Waals surface area contributed by atoms with Gasteiger partial charge in [0.2, 0.25) is 0 Å². The van der Waals surface area contributed by atoms with Crippen LogP contribution in [-0.2, 0) is 18.0 Å². The fraction of sp³-hybridized carbons (Fsp3) is 0.500. The Morgan fingerprint density at radius 2 is 1.42 bits per heavy atom. The minimum absolute atomic E-state index is 0.0262. The zero-order valence-electron chi connectivity index (χ0n) is 28.3. The molecule has 3 heterocycles. The van der Waals surface area contributed by atoms with Crippen molar-refractivity contribution in [2.45, 2.75) is 128 Å². The number of imidazole rings is 1. The van der Waals surface area contributed by atoms with Crippen LogP contribution in [0, 0.1) is 0 Å². The molecule has 3 heteroatoms. The van der Waals surface area contributed by atoms with Crippen molar-refractivity contribution in [3.63, 3.8) is 0 Å². The van der Waals surface area contributed by atoms with Gasteiger partial charge in [-0.05, 0) is 86.6 Å². The van der Waals surface area contributed by atoms with Crippen molar-refractivity contribution in [1.29, 1.82) is 0 Å². The van der Waals surface area contributed by atoms with Crippen LogP contribution in [0.3, 0.4) is 0 Å². The quantitative estimate of drug-likeness (QED) is 0.179. The third kappa shape index (κ3) is 4.04. The van der Waals surface area contributed by atoms with Crippen LogP contribution < -0.4 is 4.57 Å². The highest BCUT2D eigenvalue weighted by Gasteiger charge is 2.55. The number of fused-ring (bicyclic) bond motifs is 6. The van der Waals surface area contributed by atoms with Gasteiger partial charge in [0.15, 0.2) is 0 Å². The third-order valence-electron chi connectivity index (χ3n) is 13.2. The van der Waals surface area contributed by atoms with E-state index >= 15 is 0 Å². The second-order valence-electron chi connectivity index (χ2n) is 15.1. The maximum atomic E-state index is 2.74. The fourth-order valence-electron chi connectivity index (χ4n) is 10.2. The van der Waals surface area contributed by atoms with E-state index in [1.165, 1.54) is 109 Å². The molecule has 2 atom stereocenters. The van der Waals surface area contributed by atoms with Gasteiger partial charge in [-0.25, -0.2) is 4.57 Å². The van der Waals surface area contributed by atoms with E-state index in [2.05, 4.69) is 115 Å². The zero-order valence-corrected chi connectivity index (χ0v) is 28.3. The van der Waals surface area contributed by atoms with Gasteiger partial charge < -0.3 is 4.57 Å². The minimum Gasteiger partial charge on any atom is -0.343 e. The van der Waals surface area contributed by atoms with Crippen LogP contribution in [0.2, 0.25) is 0 Å². The SMILES string of the molecule is CCC1(C)c2ccccc2-c2n(-c3c(C4CCCCC4)cc(C4CCCCC4)c4c3c3ccccc3n4C)cc[n+]2C1(C)CC. The van der Waals surface area contributed by atoms with E-state index < -0.39 is 0 Å². The van der Waals surface area contributed by atoms with Crippen LogP contribution in [-0.4, -0.2) is 9.13 Å². The van der Waals surface area contributed by atoms with Crippen LogP contribution in [0.5, 0.6) is 0 Å². The number of para-hydroxylation sites is 1. The molecule has 2 fully saturated rings. The van der Waals surface area contributed by atoms with Crippen molar-refractivity contribution in [2.75, 3.05) is 0 Å². The third-order valence-corrected chi connectivity index (χ3v) is 13.2. The van der Waals surface area contributed by atoms with E-state index in [9.17, 15) is 0 Å². The van der Waals surface area contributed by atoms with Crippen molar-refractivity contribution in [1.82, 2.24) is 9.13 Å². The number of aryl methyl sites for hydroxylation is 1. The molecule has 234 valence electrons. The van der Waals surface area contributed by atoms with Crippen molar-refractivity contribution < 1.29 is 4.57 Å². The summed E-state index contributed by atoms with van der Waals surface area (Å²) in [6.45, 7) is 9.81. The average molecular weight is 599 g/mol. The van der Waals surface area contributed by atoms with Crippen molar-refractivity contribution in [3.8, 4) is 17.1 Å². The van der Waals surface area contributed by atoms with Gasteiger partial charge in [-0.15, -0.1) is 0 Å². The van der Waals surface area contributed by atoms with E-state index in [0.29, 0.717) is 11.8 Å². The minimum atomic E-state index is -0.0262. The Kier molecular flexibility index (Phi) is 7.04. The summed E-state index contributed by atoms with van der Waals surface area (Å²) in [6.07, 6.45) is 20.5. The lowest BCUT2D eigenvalue weighted by molar-refractivity contribution is -0.764. The summed E-state index contributed by atoms with van der Waals surface area (Å²) in [7, 11) is 2.33. The average Bonchev–Trinajstić information content (AvgIpc) is 3.67. The maximum absolute atomic E-state index is 2.74. The summed E-state index contributed by atoms with van der Waals surface area (Å²) in [4.78, 5) is 0. The summed E-state index contributed by atoms with van der Waals surface area (Å²) < 4.78 is 7.88. The highest BCUT2D eigenvalue weighted by molar-refractivity contribution is 6.14. The Bertz CT molecular complexity index is 1890. The predicted octanol–water partition coefficient (Wildman–Crippen LogP) is 11.0. The molecule has 3 aliphatic rings. The van der Waals surface area contributed by atoms with Crippen LogP contribution in [0.4, 0.5) is 0 Å². The molecule has 0 radical (unpaired) electrons. The molecule has 0 bridgehead atoms. The molecule has 5 aromatic rings. The lowest BCUT2D eigenvalue weighted by Gasteiger charge is -2.47. The lowest BCUT2D eigenvalue weighted by Crippen LogP contribution is -2.67. The summed E-state index contributed by atoms with van der Waals surface area (Å²) in [5, 5.41) is 2.89. The zero-order chi connectivity index (χ0) is 30.9. The van der Waals surface area contributed by atoms with Gasteiger partial charge in [0.25, 0.3) is 5.82 Å². The first-order valence-electron chi connectivity index (χ1n) is 18.2. The first-order valence-corrected chi connectivity index (χ1v) is 18.2. The molecule has 2 unspecified atom stereocenters. The summed E-state index contributed by atoms with van der Waals surface area (Å²) in [5.74, 6) is 2.63. The van der Waals surface area contributed by atoms with E-state index in [1.54, 1.807) is 11.1 Å². The molecule has 0 amide bonds. The Labute approximate surface area is 270 Å². The molecule has 0 saturated heterocycles. The number of hydrogen-bond donors (Lipinski definition) is 0. The molecule has 3 nitrogen and oxygen atoms in total. The molecule has 0 spiro atoms. The topological polar surface area (TPSA) is 13.7 Å². The van der Waals surface area contributed by atoms with Gasteiger partial charge >= 0.3 is 0 Å². The second kappa shape index (κ2) is 10.9. The Morgan fingerprint density at radius 1 is 0.778 bits per heavy atom. The molecule has 1 aliphatic heterocycles. The van der Waals surface area contributed by atoms with E-state index in [4.69, 9.17) is 0 Å². The normalized spacial score (nSPS) is 24.3. The van der Waals surface area contributed by atoms with Crippen molar-refractivity contribution in [2.24, 2.45) is 7.05 Å². The van der Waals surface area contributed by atoms with Gasteiger partial charge in [-0.3, -0.25) is 0 Å². The van der Waals surface area contributed by atoms with E-state index in [-0.39, 0.29) is 11.0 Å². The van der Waals surface area contributed by atoms with Gasteiger partial charge in [0.05, 0.1) is 16.5 Å². The lowest BCUT2D eigenvalue weighted by atomic mass is 9.61. The molecule has 0 N–H and O–H groups in total.